The van der Waals surface area contributed by atoms with Crippen LogP contribution in [0.15, 0.2) is 91.0 Å². The van der Waals surface area contributed by atoms with Gasteiger partial charge in [0, 0.05) is 0 Å². The fraction of sp³-hybridized carbons (Fsp3) is 0. The molecule has 0 spiro atoms. The normalized spacial score (nSPS) is 9.33. The molecule has 0 aliphatic carbocycles. The van der Waals surface area contributed by atoms with Crippen molar-refractivity contribution in [1.29, 1.82) is 0 Å². The smallest absolute Gasteiger partial charge is 0.386 e. The van der Waals surface area contributed by atoms with E-state index in [0.717, 1.165) is 0 Å². The molecule has 3 rings (SSSR count). The number of hydrogen-bond donors (Lipinski definition) is 1. The largest absolute Gasteiger partial charge is 0.478 e. The standard InChI is InChI=1S/C14H10O4.C7H6O2/c15-13(11-7-3-1-4-8-11)17-18-14(16)12-9-5-2-6-10-12;8-7(9)6-4-2-1-3-5-6/h1-10H;1-5H,(H,8,9). The average Bonchev–Trinajstić information content (AvgIpc) is 2.74. The van der Waals surface area contributed by atoms with Gasteiger partial charge in [0.1, 0.15) is 0 Å². The quantitative estimate of drug-likeness (QED) is 0.558. The summed E-state index contributed by atoms with van der Waals surface area (Å²) < 4.78 is 0. The van der Waals surface area contributed by atoms with Gasteiger partial charge >= 0.3 is 17.9 Å². The molecule has 0 aliphatic rings. The van der Waals surface area contributed by atoms with Crippen molar-refractivity contribution in [2.75, 3.05) is 0 Å². The fourth-order valence-corrected chi connectivity index (χ4v) is 1.90. The van der Waals surface area contributed by atoms with Crippen molar-refractivity contribution < 1.29 is 29.3 Å². The predicted molar refractivity (Wildman–Crippen MR) is 97.1 cm³/mol. The Bertz CT molecular complexity index is 825. The van der Waals surface area contributed by atoms with Crippen LogP contribution in [0.3, 0.4) is 0 Å². The highest BCUT2D eigenvalue weighted by Gasteiger charge is 2.13. The lowest BCUT2D eigenvalue weighted by molar-refractivity contribution is -0.187. The SMILES string of the molecule is O=C(O)c1ccccc1.O=C(OOC(=O)c1ccccc1)c1ccccc1. The molecule has 3 aromatic rings. The molecule has 0 aromatic heterocycles. The highest BCUT2D eigenvalue weighted by molar-refractivity contribution is 5.92. The van der Waals surface area contributed by atoms with E-state index in [-0.39, 0.29) is 0 Å². The summed E-state index contributed by atoms with van der Waals surface area (Å²) in [6.07, 6.45) is 0. The Balaban J connectivity index is 0.000000244. The molecule has 27 heavy (non-hydrogen) atoms. The van der Waals surface area contributed by atoms with Crippen molar-refractivity contribution in [1.82, 2.24) is 0 Å². The number of hydrogen-bond acceptors (Lipinski definition) is 5. The molecule has 136 valence electrons. The van der Waals surface area contributed by atoms with Gasteiger partial charge in [-0.3, -0.25) is 0 Å². The molecule has 0 bridgehead atoms. The van der Waals surface area contributed by atoms with E-state index in [9.17, 15) is 14.4 Å². The van der Waals surface area contributed by atoms with Gasteiger partial charge in [0.05, 0.1) is 16.7 Å². The molecular formula is C21H16O6. The molecule has 0 heterocycles. The number of carboxylic acid groups (broad SMARTS) is 1. The molecule has 0 unspecified atom stereocenters. The lowest BCUT2D eigenvalue weighted by Gasteiger charge is -2.02. The zero-order valence-electron chi connectivity index (χ0n) is 14.1. The molecule has 0 saturated carbocycles. The number of benzene rings is 3. The van der Waals surface area contributed by atoms with Crippen LogP contribution >= 0.6 is 0 Å². The van der Waals surface area contributed by atoms with Gasteiger partial charge < -0.3 is 5.11 Å². The lowest BCUT2D eigenvalue weighted by Crippen LogP contribution is -2.11. The molecule has 0 fully saturated rings. The summed E-state index contributed by atoms with van der Waals surface area (Å²) in [5.74, 6) is -2.30. The van der Waals surface area contributed by atoms with E-state index in [1.54, 1.807) is 91.0 Å². The lowest BCUT2D eigenvalue weighted by atomic mass is 10.2. The number of carboxylic acids is 1. The second-order valence-corrected chi connectivity index (χ2v) is 5.14. The molecule has 6 nitrogen and oxygen atoms in total. The Morgan fingerprint density at radius 1 is 0.519 bits per heavy atom. The van der Waals surface area contributed by atoms with Crippen LogP contribution in [-0.4, -0.2) is 23.0 Å². The van der Waals surface area contributed by atoms with E-state index in [0.29, 0.717) is 16.7 Å². The first kappa shape index (κ1) is 19.4. The molecule has 0 radical (unpaired) electrons. The van der Waals surface area contributed by atoms with Crippen molar-refractivity contribution in [3.8, 4) is 0 Å². The molecule has 6 heteroatoms. The Morgan fingerprint density at radius 3 is 1.07 bits per heavy atom. The van der Waals surface area contributed by atoms with Crippen LogP contribution in [0, 0.1) is 0 Å². The van der Waals surface area contributed by atoms with Crippen LogP contribution in [0.1, 0.15) is 31.1 Å². The van der Waals surface area contributed by atoms with E-state index in [2.05, 4.69) is 9.78 Å². The number of carbonyl (C=O) groups is 3. The predicted octanol–water partition coefficient (Wildman–Crippen LogP) is 4.00. The minimum Gasteiger partial charge on any atom is -0.478 e. The average molecular weight is 364 g/mol. The van der Waals surface area contributed by atoms with Gasteiger partial charge in [-0.2, -0.15) is 0 Å². The summed E-state index contributed by atoms with van der Waals surface area (Å²) in [5.41, 5.74) is 0.967. The van der Waals surface area contributed by atoms with Crippen LogP contribution < -0.4 is 0 Å². The summed E-state index contributed by atoms with van der Waals surface area (Å²) in [6.45, 7) is 0. The van der Waals surface area contributed by atoms with E-state index in [4.69, 9.17) is 5.11 Å². The number of aromatic carboxylic acids is 1. The Labute approximate surface area is 155 Å². The van der Waals surface area contributed by atoms with E-state index in [1.165, 1.54) is 0 Å². The third-order valence-corrected chi connectivity index (χ3v) is 3.23. The third-order valence-electron chi connectivity index (χ3n) is 3.23. The summed E-state index contributed by atoms with van der Waals surface area (Å²) in [5, 5.41) is 8.38. The fourth-order valence-electron chi connectivity index (χ4n) is 1.90. The van der Waals surface area contributed by atoms with Gasteiger partial charge in [0.2, 0.25) is 0 Å². The Morgan fingerprint density at radius 2 is 0.815 bits per heavy atom. The van der Waals surface area contributed by atoms with E-state index in [1.807, 2.05) is 0 Å². The highest BCUT2D eigenvalue weighted by atomic mass is 17.2. The Hall–Kier alpha value is -3.93. The molecule has 0 atom stereocenters. The summed E-state index contributed by atoms with van der Waals surface area (Å²) in [7, 11) is 0. The molecule has 3 aromatic carbocycles. The summed E-state index contributed by atoms with van der Waals surface area (Å²) >= 11 is 0. The van der Waals surface area contributed by atoms with Gasteiger partial charge in [0.25, 0.3) is 0 Å². The molecule has 0 aliphatic heterocycles. The Kier molecular flexibility index (Phi) is 7.29. The van der Waals surface area contributed by atoms with Gasteiger partial charge in [0.15, 0.2) is 0 Å². The third kappa shape index (κ3) is 6.47. The molecule has 1 N–H and O–H groups in total. The van der Waals surface area contributed by atoms with Crippen molar-refractivity contribution in [2.24, 2.45) is 0 Å². The molecule has 0 saturated heterocycles. The maximum atomic E-state index is 11.5. The second kappa shape index (κ2) is 10.1. The van der Waals surface area contributed by atoms with Gasteiger partial charge in [-0.25, -0.2) is 24.2 Å². The van der Waals surface area contributed by atoms with Gasteiger partial charge in [-0.05, 0) is 36.4 Å². The highest BCUT2D eigenvalue weighted by Crippen LogP contribution is 2.05. The minimum atomic E-state index is -0.879. The van der Waals surface area contributed by atoms with Gasteiger partial charge in [-0.15, -0.1) is 0 Å². The van der Waals surface area contributed by atoms with Crippen molar-refractivity contribution in [3.63, 3.8) is 0 Å². The number of carbonyl (C=O) groups excluding carboxylic acids is 2. The van der Waals surface area contributed by atoms with Crippen LogP contribution in [-0.2, 0) is 9.78 Å². The van der Waals surface area contributed by atoms with Gasteiger partial charge in [-0.1, -0.05) is 54.6 Å². The minimum absolute atomic E-state index is 0.318. The summed E-state index contributed by atoms with van der Waals surface area (Å²) in [6, 6.07) is 24.9. The van der Waals surface area contributed by atoms with Crippen LogP contribution in [0.5, 0.6) is 0 Å². The van der Waals surface area contributed by atoms with Crippen LogP contribution in [0.2, 0.25) is 0 Å². The number of rotatable bonds is 3. The topological polar surface area (TPSA) is 89.9 Å². The second-order valence-electron chi connectivity index (χ2n) is 5.14. The first-order chi connectivity index (χ1) is 13.1. The zero-order valence-corrected chi connectivity index (χ0v) is 14.1. The van der Waals surface area contributed by atoms with Crippen molar-refractivity contribution in [3.05, 3.63) is 108 Å². The van der Waals surface area contributed by atoms with Crippen LogP contribution in [0.25, 0.3) is 0 Å². The zero-order chi connectivity index (χ0) is 19.5. The first-order valence-corrected chi connectivity index (χ1v) is 7.89. The van der Waals surface area contributed by atoms with E-state index >= 15 is 0 Å². The monoisotopic (exact) mass is 364 g/mol. The molecular weight excluding hydrogens is 348 g/mol. The summed E-state index contributed by atoms with van der Waals surface area (Å²) in [4.78, 5) is 42.1. The maximum absolute atomic E-state index is 11.5. The van der Waals surface area contributed by atoms with Crippen molar-refractivity contribution >= 4 is 17.9 Å². The van der Waals surface area contributed by atoms with Crippen molar-refractivity contribution in [2.45, 2.75) is 0 Å². The van der Waals surface area contributed by atoms with E-state index < -0.39 is 17.9 Å². The van der Waals surface area contributed by atoms with Crippen LogP contribution in [0.4, 0.5) is 0 Å². The first-order valence-electron chi connectivity index (χ1n) is 7.89. The molecule has 0 amide bonds. The maximum Gasteiger partial charge on any atom is 0.386 e.